The molecule has 0 bridgehead atoms. The van der Waals surface area contributed by atoms with E-state index in [9.17, 15) is 19.2 Å². The number of nitrogens with one attached hydrogen (secondary N) is 2. The van der Waals surface area contributed by atoms with Crippen LogP contribution in [0, 0.1) is 0 Å². The minimum atomic E-state index is -0.447. The molecule has 1 aromatic rings. The first kappa shape index (κ1) is 52.6. The molecule has 0 aliphatic carbocycles. The van der Waals surface area contributed by atoms with Gasteiger partial charge in [0, 0.05) is 33.0 Å². The number of anilines is 2. The van der Waals surface area contributed by atoms with Crippen molar-refractivity contribution in [3.63, 3.8) is 0 Å². The van der Waals surface area contributed by atoms with Crippen molar-refractivity contribution in [2.24, 2.45) is 0 Å². The highest BCUT2D eigenvalue weighted by Gasteiger charge is 2.19. The summed E-state index contributed by atoms with van der Waals surface area (Å²) >= 11 is 0. The van der Waals surface area contributed by atoms with Crippen LogP contribution >= 0.6 is 0 Å². The third-order valence-corrected chi connectivity index (χ3v) is 11.4. The molecule has 0 saturated carbocycles. The summed E-state index contributed by atoms with van der Waals surface area (Å²) in [6.07, 6.45) is 36.0. The van der Waals surface area contributed by atoms with Gasteiger partial charge in [-0.2, -0.15) is 0 Å². The van der Waals surface area contributed by atoms with E-state index in [1.54, 1.807) is 7.05 Å². The molecule has 0 radical (unpaired) electrons. The number of nitrogens with zero attached hydrogens (tertiary/aromatic N) is 1. The maximum Gasteiger partial charge on any atom is 0.306 e. The van der Waals surface area contributed by atoms with Gasteiger partial charge in [0.2, 0.25) is 0 Å². The molecule has 0 amide bonds. The zero-order valence-electron chi connectivity index (χ0n) is 37.6. The van der Waals surface area contributed by atoms with Gasteiger partial charge in [-0.15, -0.1) is 0 Å². The van der Waals surface area contributed by atoms with Gasteiger partial charge in [0.25, 0.3) is 10.9 Å². The van der Waals surface area contributed by atoms with Gasteiger partial charge in [-0.1, -0.05) is 156 Å². The second-order valence-electron chi connectivity index (χ2n) is 16.7. The summed E-state index contributed by atoms with van der Waals surface area (Å²) in [6.45, 7) is 10.7. The Hall–Kier alpha value is -2.42. The summed E-state index contributed by atoms with van der Waals surface area (Å²) < 4.78 is 11.5. The molecule has 9 nitrogen and oxygen atoms in total. The second kappa shape index (κ2) is 37.8. The van der Waals surface area contributed by atoms with Gasteiger partial charge >= 0.3 is 11.9 Å². The average molecular weight is 804 g/mol. The van der Waals surface area contributed by atoms with Gasteiger partial charge in [0.15, 0.2) is 0 Å². The van der Waals surface area contributed by atoms with Crippen molar-refractivity contribution >= 4 is 23.3 Å². The fourth-order valence-corrected chi connectivity index (χ4v) is 7.70. The zero-order chi connectivity index (χ0) is 41.6. The number of carbonyl (C=O) groups excluding carboxylic acids is 2. The van der Waals surface area contributed by atoms with E-state index in [4.69, 9.17) is 9.47 Å². The summed E-state index contributed by atoms with van der Waals surface area (Å²) in [5, 5.41) is 6.03. The molecule has 332 valence electrons. The smallest absolute Gasteiger partial charge is 0.306 e. The second-order valence-corrected chi connectivity index (χ2v) is 16.7. The number of hydrogen-bond donors (Lipinski definition) is 2. The Bertz CT molecular complexity index is 1150. The molecule has 0 saturated heterocycles. The first-order chi connectivity index (χ1) is 27.9. The first-order valence-electron chi connectivity index (χ1n) is 24.2. The topological polar surface area (TPSA) is 114 Å². The van der Waals surface area contributed by atoms with Crippen LogP contribution < -0.4 is 21.5 Å². The predicted octanol–water partition coefficient (Wildman–Crippen LogP) is 12.0. The largest absolute Gasteiger partial charge is 0.466 e. The first-order valence-corrected chi connectivity index (χ1v) is 24.2. The Morgan fingerprint density at radius 1 is 0.509 bits per heavy atom. The van der Waals surface area contributed by atoms with Gasteiger partial charge in [-0.25, -0.2) is 0 Å². The molecule has 2 N–H and O–H groups in total. The highest BCUT2D eigenvalue weighted by Crippen LogP contribution is 2.19. The van der Waals surface area contributed by atoms with E-state index >= 15 is 0 Å². The van der Waals surface area contributed by atoms with Crippen LogP contribution in [0.25, 0.3) is 0 Å². The van der Waals surface area contributed by atoms with Crippen LogP contribution in [0.1, 0.15) is 226 Å². The summed E-state index contributed by atoms with van der Waals surface area (Å²) in [4.78, 5) is 51.2. The Kier molecular flexibility index (Phi) is 34.9. The van der Waals surface area contributed by atoms with E-state index in [-0.39, 0.29) is 18.0 Å². The van der Waals surface area contributed by atoms with Crippen molar-refractivity contribution in [3.05, 3.63) is 20.4 Å². The summed E-state index contributed by atoms with van der Waals surface area (Å²) in [5.41, 5.74) is -0.0972. The Morgan fingerprint density at radius 2 is 0.930 bits per heavy atom. The molecule has 0 aliphatic rings. The van der Waals surface area contributed by atoms with Gasteiger partial charge in [-0.3, -0.25) is 19.2 Å². The van der Waals surface area contributed by atoms with Gasteiger partial charge in [-0.05, 0) is 70.9 Å². The molecule has 0 aliphatic heterocycles. The van der Waals surface area contributed by atoms with E-state index in [1.165, 1.54) is 89.9 Å². The van der Waals surface area contributed by atoms with Crippen molar-refractivity contribution < 1.29 is 19.1 Å². The quantitative estimate of drug-likeness (QED) is 0.0378. The van der Waals surface area contributed by atoms with E-state index in [2.05, 4.69) is 36.3 Å². The minimum absolute atomic E-state index is 0.0118. The summed E-state index contributed by atoms with van der Waals surface area (Å²) in [7, 11) is 1.67. The molecule has 9 heteroatoms. The van der Waals surface area contributed by atoms with Gasteiger partial charge in [0.1, 0.15) is 17.5 Å². The number of rotatable bonds is 43. The van der Waals surface area contributed by atoms with E-state index in [0.29, 0.717) is 37.4 Å². The van der Waals surface area contributed by atoms with Gasteiger partial charge < -0.3 is 25.0 Å². The Balaban J connectivity index is 2.36. The lowest BCUT2D eigenvalue weighted by atomic mass is 10.0. The van der Waals surface area contributed by atoms with Crippen LogP contribution in [0.3, 0.4) is 0 Å². The standard InChI is InChI=1S/C48H89N3O6/c1-5-8-11-14-19-26-33-42(34-27-20-15-12-9-6-2)57-44(53)36-29-22-18-24-31-39-51(40-37-50-46-45(49-4)47(54)48(46)55)38-30-23-17-21-28-35-43(52)56-41-32-25-16-13-10-7-3/h42,49-50H,5-41H2,1-4H3. The maximum atomic E-state index is 12.8. The average Bonchev–Trinajstić information content (AvgIpc) is 3.21. The minimum Gasteiger partial charge on any atom is -0.466 e. The highest BCUT2D eigenvalue weighted by molar-refractivity contribution is 5.73. The Labute approximate surface area is 349 Å². The lowest BCUT2D eigenvalue weighted by molar-refractivity contribution is -0.150. The molecule has 0 spiro atoms. The molecule has 57 heavy (non-hydrogen) atoms. The maximum absolute atomic E-state index is 12.8. The molecule has 0 atom stereocenters. The van der Waals surface area contributed by atoms with Crippen LogP contribution in [-0.4, -0.2) is 62.8 Å². The van der Waals surface area contributed by atoms with Crippen molar-refractivity contribution in [2.45, 2.75) is 232 Å². The zero-order valence-corrected chi connectivity index (χ0v) is 37.6. The molecular formula is C48H89N3O6. The molecule has 1 rings (SSSR count). The van der Waals surface area contributed by atoms with Crippen molar-refractivity contribution in [2.75, 3.05) is 50.5 Å². The lowest BCUT2D eigenvalue weighted by Crippen LogP contribution is -2.38. The van der Waals surface area contributed by atoms with Crippen LogP contribution in [0.4, 0.5) is 11.4 Å². The van der Waals surface area contributed by atoms with Crippen LogP contribution in [-0.2, 0) is 19.1 Å². The lowest BCUT2D eigenvalue weighted by Gasteiger charge is -2.23. The van der Waals surface area contributed by atoms with Crippen molar-refractivity contribution in [3.8, 4) is 0 Å². The van der Waals surface area contributed by atoms with Crippen LogP contribution in [0.5, 0.6) is 0 Å². The molecule has 0 unspecified atom stereocenters. The van der Waals surface area contributed by atoms with E-state index in [0.717, 1.165) is 122 Å². The molecule has 0 aromatic heterocycles. The number of ether oxygens (including phenoxy) is 2. The molecular weight excluding hydrogens is 715 g/mol. The van der Waals surface area contributed by atoms with E-state index < -0.39 is 10.9 Å². The summed E-state index contributed by atoms with van der Waals surface area (Å²) in [5.74, 6) is -0.0705. The van der Waals surface area contributed by atoms with Crippen LogP contribution in [0.15, 0.2) is 9.59 Å². The van der Waals surface area contributed by atoms with E-state index in [1.807, 2.05) is 0 Å². The highest BCUT2D eigenvalue weighted by atomic mass is 16.5. The fourth-order valence-electron chi connectivity index (χ4n) is 7.70. The molecule has 1 aromatic carbocycles. The SMILES string of the molecule is CCCCCCCCOC(=O)CCCCCCCN(CCCCCCCC(=O)OC(CCCCCCCC)CCCCCCCC)CCNc1c(NC)c(=O)c1=O. The fraction of sp³-hybridized carbons (Fsp3) is 0.875. The number of unbranched alkanes of at least 4 members (excludes halogenated alkanes) is 23. The number of hydrogen-bond acceptors (Lipinski definition) is 9. The van der Waals surface area contributed by atoms with Crippen molar-refractivity contribution in [1.82, 2.24) is 4.90 Å². The van der Waals surface area contributed by atoms with Crippen molar-refractivity contribution in [1.29, 1.82) is 0 Å². The molecule has 0 fully saturated rings. The predicted molar refractivity (Wildman–Crippen MR) is 241 cm³/mol. The number of esters is 2. The third-order valence-electron chi connectivity index (χ3n) is 11.4. The Morgan fingerprint density at radius 3 is 1.44 bits per heavy atom. The third kappa shape index (κ3) is 28.6. The summed E-state index contributed by atoms with van der Waals surface area (Å²) in [6, 6.07) is 0. The molecule has 0 heterocycles. The monoisotopic (exact) mass is 804 g/mol. The van der Waals surface area contributed by atoms with Crippen LogP contribution in [0.2, 0.25) is 0 Å². The van der Waals surface area contributed by atoms with Gasteiger partial charge in [0.05, 0.1) is 6.61 Å². The number of carbonyl (C=O) groups is 2. The normalized spacial score (nSPS) is 11.5.